The molecule has 9 nitrogen and oxygen atoms in total. The van der Waals surface area contributed by atoms with Crippen LogP contribution < -0.4 is 15.5 Å². The molecule has 180 valence electrons. The van der Waals surface area contributed by atoms with E-state index >= 15 is 0 Å². The third-order valence-electron chi connectivity index (χ3n) is 7.20. The second kappa shape index (κ2) is 9.05. The monoisotopic (exact) mass is 463 g/mol. The SMILES string of the molecule is COC1(c2nccc(Nc3cc4c(C(C)C)cnc(N5CC[C@@H]5C)c4cn3)n2)CCNCC1O. The molecule has 34 heavy (non-hydrogen) atoms. The number of hydrogen-bond donors (Lipinski definition) is 3. The second-order valence-electron chi connectivity index (χ2n) is 9.59. The minimum Gasteiger partial charge on any atom is -0.388 e. The molecule has 2 unspecified atom stereocenters. The summed E-state index contributed by atoms with van der Waals surface area (Å²) in [5.41, 5.74) is 0.260. The van der Waals surface area contributed by atoms with E-state index in [0.29, 0.717) is 42.4 Å². The van der Waals surface area contributed by atoms with Crippen molar-refractivity contribution >= 4 is 28.2 Å². The van der Waals surface area contributed by atoms with E-state index in [1.165, 1.54) is 12.0 Å². The van der Waals surface area contributed by atoms with Crippen LogP contribution in [0.2, 0.25) is 0 Å². The Kier molecular flexibility index (Phi) is 6.09. The summed E-state index contributed by atoms with van der Waals surface area (Å²) in [6.45, 7) is 8.78. The van der Waals surface area contributed by atoms with E-state index in [9.17, 15) is 5.11 Å². The number of β-amino-alcohol motifs (C(OH)–C–C–N with tert-alkyl or cyclic N) is 1. The van der Waals surface area contributed by atoms with Crippen molar-refractivity contribution in [1.29, 1.82) is 0 Å². The Hall–Kier alpha value is -2.88. The fourth-order valence-corrected chi connectivity index (χ4v) is 4.93. The van der Waals surface area contributed by atoms with Crippen LogP contribution in [0.1, 0.15) is 50.9 Å². The highest BCUT2D eigenvalue weighted by molar-refractivity contribution is 5.96. The predicted molar refractivity (Wildman–Crippen MR) is 133 cm³/mol. The Balaban J connectivity index is 1.50. The van der Waals surface area contributed by atoms with Gasteiger partial charge in [0, 0.05) is 50.2 Å². The Morgan fingerprint density at radius 3 is 2.74 bits per heavy atom. The minimum absolute atomic E-state index is 0.335. The largest absolute Gasteiger partial charge is 0.388 e. The van der Waals surface area contributed by atoms with Gasteiger partial charge in [-0.05, 0) is 55.3 Å². The Morgan fingerprint density at radius 2 is 2.06 bits per heavy atom. The maximum atomic E-state index is 10.7. The van der Waals surface area contributed by atoms with E-state index in [-0.39, 0.29) is 0 Å². The summed E-state index contributed by atoms with van der Waals surface area (Å²) in [7, 11) is 1.60. The molecule has 2 aliphatic heterocycles. The number of aliphatic hydroxyl groups is 1. The minimum atomic E-state index is -0.931. The van der Waals surface area contributed by atoms with Gasteiger partial charge in [0.15, 0.2) is 11.4 Å². The van der Waals surface area contributed by atoms with Crippen molar-refractivity contribution in [3.8, 4) is 0 Å². The molecular weight excluding hydrogens is 430 g/mol. The van der Waals surface area contributed by atoms with Crippen LogP contribution in [0.4, 0.5) is 17.5 Å². The molecule has 9 heteroatoms. The molecule has 0 saturated carbocycles. The van der Waals surface area contributed by atoms with Crippen LogP contribution in [-0.4, -0.2) is 63.9 Å². The van der Waals surface area contributed by atoms with Gasteiger partial charge in [-0.2, -0.15) is 0 Å². The molecule has 3 N–H and O–H groups in total. The van der Waals surface area contributed by atoms with Gasteiger partial charge in [0.2, 0.25) is 0 Å². The molecule has 5 heterocycles. The number of pyridine rings is 2. The van der Waals surface area contributed by atoms with Crippen molar-refractivity contribution < 1.29 is 9.84 Å². The summed E-state index contributed by atoms with van der Waals surface area (Å²) < 4.78 is 5.77. The number of hydrogen-bond acceptors (Lipinski definition) is 9. The quantitative estimate of drug-likeness (QED) is 0.508. The molecular formula is C25H33N7O2. The molecule has 3 atom stereocenters. The highest BCUT2D eigenvalue weighted by Crippen LogP contribution is 2.36. The van der Waals surface area contributed by atoms with Crippen LogP contribution in [-0.2, 0) is 10.3 Å². The highest BCUT2D eigenvalue weighted by Gasteiger charge is 2.44. The zero-order valence-corrected chi connectivity index (χ0v) is 20.2. The number of nitrogens with zero attached hydrogens (tertiary/aromatic N) is 5. The van der Waals surface area contributed by atoms with Crippen LogP contribution in [0.3, 0.4) is 0 Å². The Labute approximate surface area is 200 Å². The van der Waals surface area contributed by atoms with Crippen LogP contribution in [0.5, 0.6) is 0 Å². The number of fused-ring (bicyclic) bond motifs is 1. The average molecular weight is 464 g/mol. The first kappa shape index (κ1) is 22.9. The van der Waals surface area contributed by atoms with Gasteiger partial charge in [-0.25, -0.2) is 19.9 Å². The summed E-state index contributed by atoms with van der Waals surface area (Å²) in [5.74, 6) is 3.11. The van der Waals surface area contributed by atoms with Crippen molar-refractivity contribution in [1.82, 2.24) is 25.3 Å². The second-order valence-corrected chi connectivity index (χ2v) is 9.59. The van der Waals surface area contributed by atoms with Crippen LogP contribution in [0.25, 0.3) is 10.8 Å². The standard InChI is InChI=1S/C25H33N7O2/c1-15(2)18-12-29-23(32-10-6-16(32)3)19-13-28-22(11-17(18)19)30-21-5-8-27-24(31-21)25(34-4)7-9-26-14-20(25)33/h5,8,11-13,15-16,20,26,33H,6-7,9-10,14H2,1-4H3,(H,27,28,30,31)/t16-,20?,25?/m0/s1. The lowest BCUT2D eigenvalue weighted by Gasteiger charge is -2.40. The first-order chi connectivity index (χ1) is 16.4. The summed E-state index contributed by atoms with van der Waals surface area (Å²) in [4.78, 5) is 21.0. The van der Waals surface area contributed by atoms with Crippen LogP contribution in [0, 0.1) is 0 Å². The molecule has 0 bridgehead atoms. The van der Waals surface area contributed by atoms with Gasteiger partial charge in [-0.3, -0.25) is 0 Å². The molecule has 0 aliphatic carbocycles. The summed E-state index contributed by atoms with van der Waals surface area (Å²) >= 11 is 0. The van der Waals surface area contributed by atoms with Gasteiger partial charge >= 0.3 is 0 Å². The van der Waals surface area contributed by atoms with E-state index in [1.807, 2.05) is 12.4 Å². The molecule has 3 aromatic rings. The van der Waals surface area contributed by atoms with Gasteiger partial charge in [0.05, 0.1) is 0 Å². The molecule has 2 saturated heterocycles. The zero-order valence-electron chi connectivity index (χ0n) is 20.2. The number of aliphatic hydroxyl groups excluding tert-OH is 1. The molecule has 0 spiro atoms. The average Bonchev–Trinajstić information content (AvgIpc) is 2.83. The lowest BCUT2D eigenvalue weighted by atomic mass is 9.88. The molecule has 0 aromatic carbocycles. The lowest BCUT2D eigenvalue weighted by molar-refractivity contribution is -0.129. The number of aromatic nitrogens is 4. The molecule has 2 aliphatic rings. The van der Waals surface area contributed by atoms with Gasteiger partial charge in [0.1, 0.15) is 23.6 Å². The van der Waals surface area contributed by atoms with Crippen molar-refractivity contribution in [2.45, 2.75) is 57.3 Å². The van der Waals surface area contributed by atoms with E-state index < -0.39 is 11.7 Å². The first-order valence-corrected chi connectivity index (χ1v) is 12.0. The van der Waals surface area contributed by atoms with E-state index in [2.05, 4.69) is 47.4 Å². The van der Waals surface area contributed by atoms with Crippen molar-refractivity contribution in [2.24, 2.45) is 0 Å². The van der Waals surface area contributed by atoms with Crippen LogP contribution in [0.15, 0.2) is 30.7 Å². The normalized spacial score (nSPS) is 24.9. The number of methoxy groups -OCH3 is 1. The maximum absolute atomic E-state index is 10.7. The smallest absolute Gasteiger partial charge is 0.165 e. The summed E-state index contributed by atoms with van der Waals surface area (Å²) in [6.07, 6.45) is 6.64. The molecule has 0 amide bonds. The van der Waals surface area contributed by atoms with Gasteiger partial charge in [-0.15, -0.1) is 0 Å². The van der Waals surface area contributed by atoms with E-state index in [1.54, 1.807) is 19.4 Å². The number of anilines is 3. The van der Waals surface area contributed by atoms with Crippen molar-refractivity contribution in [3.63, 3.8) is 0 Å². The van der Waals surface area contributed by atoms with E-state index in [4.69, 9.17) is 19.7 Å². The predicted octanol–water partition coefficient (Wildman–Crippen LogP) is 3.08. The lowest BCUT2D eigenvalue weighted by Crippen LogP contribution is -2.53. The third kappa shape index (κ3) is 3.87. The summed E-state index contributed by atoms with van der Waals surface area (Å²) in [5, 5.41) is 19.4. The summed E-state index contributed by atoms with van der Waals surface area (Å²) in [6, 6.07) is 4.37. The fourth-order valence-electron chi connectivity index (χ4n) is 4.93. The number of piperidine rings is 1. The first-order valence-electron chi connectivity index (χ1n) is 12.0. The third-order valence-corrected chi connectivity index (χ3v) is 7.20. The highest BCUT2D eigenvalue weighted by atomic mass is 16.5. The number of ether oxygens (including phenoxy) is 1. The van der Waals surface area contributed by atoms with Crippen molar-refractivity contribution in [3.05, 3.63) is 42.1 Å². The molecule has 2 fully saturated rings. The van der Waals surface area contributed by atoms with Crippen LogP contribution >= 0.6 is 0 Å². The Morgan fingerprint density at radius 1 is 1.21 bits per heavy atom. The topological polar surface area (TPSA) is 108 Å². The Bertz CT molecular complexity index is 1190. The molecule has 3 aromatic heterocycles. The fraction of sp³-hybridized carbons (Fsp3) is 0.520. The number of rotatable bonds is 6. The molecule has 5 rings (SSSR count). The van der Waals surface area contributed by atoms with Gasteiger partial charge in [0.25, 0.3) is 0 Å². The zero-order chi connectivity index (χ0) is 23.9. The number of nitrogens with one attached hydrogen (secondary N) is 2. The van der Waals surface area contributed by atoms with Gasteiger partial charge < -0.3 is 25.4 Å². The maximum Gasteiger partial charge on any atom is 0.165 e. The van der Waals surface area contributed by atoms with E-state index in [0.717, 1.165) is 29.7 Å². The van der Waals surface area contributed by atoms with Gasteiger partial charge in [-0.1, -0.05) is 13.8 Å². The van der Waals surface area contributed by atoms with Crippen molar-refractivity contribution in [2.75, 3.05) is 37.0 Å². The molecule has 0 radical (unpaired) electrons.